The SMILES string of the molecule is CCCCNC(=O)N(CCN1CCCC1)CC(=O)N(Cc1ccc(F)cc1)Cc1sccc1C. The predicted molar refractivity (Wildman–Crippen MR) is 135 cm³/mol. The molecule has 3 rings (SSSR count). The minimum Gasteiger partial charge on any atom is -0.338 e. The third-order valence-electron chi connectivity index (χ3n) is 6.25. The summed E-state index contributed by atoms with van der Waals surface area (Å²) >= 11 is 1.62. The molecule has 1 saturated heterocycles. The number of nitrogens with one attached hydrogen (secondary N) is 1. The average Bonchev–Trinajstić information content (AvgIpc) is 3.49. The molecule has 0 unspecified atom stereocenters. The Balaban J connectivity index is 1.71. The number of carbonyl (C=O) groups is 2. The number of unbranched alkanes of at least 4 members (excludes halogenated alkanes) is 1. The van der Waals surface area contributed by atoms with E-state index in [-0.39, 0.29) is 24.3 Å². The van der Waals surface area contributed by atoms with E-state index in [0.29, 0.717) is 26.2 Å². The Bertz CT molecular complexity index is 912. The molecule has 1 N–H and O–H groups in total. The Morgan fingerprint density at radius 1 is 1.09 bits per heavy atom. The summed E-state index contributed by atoms with van der Waals surface area (Å²) in [5, 5.41) is 4.99. The van der Waals surface area contributed by atoms with Crippen LogP contribution in [-0.4, -0.2) is 65.9 Å². The van der Waals surface area contributed by atoms with Gasteiger partial charge in [-0.15, -0.1) is 11.3 Å². The molecular weight excluding hydrogens is 451 g/mol. The van der Waals surface area contributed by atoms with Crippen LogP contribution in [0.5, 0.6) is 0 Å². The van der Waals surface area contributed by atoms with E-state index >= 15 is 0 Å². The lowest BCUT2D eigenvalue weighted by atomic mass is 10.2. The fraction of sp³-hybridized carbons (Fsp3) is 0.538. The number of nitrogens with zero attached hydrogens (tertiary/aromatic N) is 3. The number of likely N-dealkylation sites (tertiary alicyclic amines) is 1. The van der Waals surface area contributed by atoms with E-state index in [4.69, 9.17) is 0 Å². The second kappa shape index (κ2) is 13.4. The molecule has 0 aliphatic carbocycles. The Labute approximate surface area is 206 Å². The van der Waals surface area contributed by atoms with Crippen LogP contribution >= 0.6 is 11.3 Å². The lowest BCUT2D eigenvalue weighted by Gasteiger charge is -2.29. The van der Waals surface area contributed by atoms with Crippen molar-refractivity contribution in [1.82, 2.24) is 20.0 Å². The number of benzene rings is 1. The first kappa shape index (κ1) is 26.2. The molecule has 1 aromatic heterocycles. The first-order valence-electron chi connectivity index (χ1n) is 12.3. The lowest BCUT2D eigenvalue weighted by molar-refractivity contribution is -0.133. The number of halogens is 1. The monoisotopic (exact) mass is 488 g/mol. The van der Waals surface area contributed by atoms with Crippen molar-refractivity contribution < 1.29 is 14.0 Å². The van der Waals surface area contributed by atoms with Crippen LogP contribution in [0.2, 0.25) is 0 Å². The molecule has 1 fully saturated rings. The molecule has 8 heteroatoms. The molecule has 6 nitrogen and oxygen atoms in total. The average molecular weight is 489 g/mol. The van der Waals surface area contributed by atoms with Crippen LogP contribution in [0.25, 0.3) is 0 Å². The number of thiophene rings is 1. The highest BCUT2D eigenvalue weighted by Gasteiger charge is 2.23. The first-order chi connectivity index (χ1) is 16.5. The Kier molecular flexibility index (Phi) is 10.3. The topological polar surface area (TPSA) is 55.9 Å². The zero-order valence-corrected chi connectivity index (χ0v) is 21.2. The van der Waals surface area contributed by atoms with Gasteiger partial charge >= 0.3 is 6.03 Å². The van der Waals surface area contributed by atoms with Gasteiger partial charge in [0.2, 0.25) is 5.91 Å². The molecule has 2 aromatic rings. The zero-order valence-electron chi connectivity index (χ0n) is 20.4. The van der Waals surface area contributed by atoms with Gasteiger partial charge in [0, 0.05) is 31.1 Å². The van der Waals surface area contributed by atoms with Crippen molar-refractivity contribution in [3.8, 4) is 0 Å². The van der Waals surface area contributed by atoms with Gasteiger partial charge in [0.25, 0.3) is 0 Å². The molecule has 186 valence electrons. The smallest absolute Gasteiger partial charge is 0.317 e. The van der Waals surface area contributed by atoms with Gasteiger partial charge in [-0.25, -0.2) is 9.18 Å². The molecule has 1 aliphatic rings. The van der Waals surface area contributed by atoms with Crippen LogP contribution < -0.4 is 5.32 Å². The summed E-state index contributed by atoms with van der Waals surface area (Å²) in [6, 6.07) is 8.11. The Morgan fingerprint density at radius 2 is 1.82 bits per heavy atom. The largest absolute Gasteiger partial charge is 0.338 e. The van der Waals surface area contributed by atoms with Crippen molar-refractivity contribution >= 4 is 23.3 Å². The highest BCUT2D eigenvalue weighted by atomic mass is 32.1. The fourth-order valence-electron chi connectivity index (χ4n) is 4.05. The van der Waals surface area contributed by atoms with Gasteiger partial charge < -0.3 is 20.0 Å². The molecule has 1 aromatic carbocycles. The van der Waals surface area contributed by atoms with Crippen molar-refractivity contribution in [3.63, 3.8) is 0 Å². The van der Waals surface area contributed by atoms with Crippen LogP contribution in [0.4, 0.5) is 9.18 Å². The minimum atomic E-state index is -0.299. The van der Waals surface area contributed by atoms with E-state index in [9.17, 15) is 14.0 Å². The van der Waals surface area contributed by atoms with Crippen LogP contribution in [0, 0.1) is 12.7 Å². The van der Waals surface area contributed by atoms with E-state index in [1.165, 1.54) is 25.0 Å². The van der Waals surface area contributed by atoms with E-state index < -0.39 is 0 Å². The number of urea groups is 1. The summed E-state index contributed by atoms with van der Waals surface area (Å²) in [5.41, 5.74) is 2.00. The van der Waals surface area contributed by atoms with Crippen molar-refractivity contribution in [2.45, 2.75) is 52.6 Å². The number of carbonyl (C=O) groups excluding carboxylic acids is 2. The van der Waals surface area contributed by atoms with Crippen molar-refractivity contribution in [2.24, 2.45) is 0 Å². The van der Waals surface area contributed by atoms with E-state index in [1.54, 1.807) is 33.3 Å². The number of aryl methyl sites for hydroxylation is 1. The fourth-order valence-corrected chi connectivity index (χ4v) is 4.97. The number of amides is 3. The number of rotatable bonds is 12. The van der Waals surface area contributed by atoms with Crippen molar-refractivity contribution in [1.29, 1.82) is 0 Å². The maximum absolute atomic E-state index is 13.5. The van der Waals surface area contributed by atoms with Crippen molar-refractivity contribution in [2.75, 3.05) is 39.3 Å². The van der Waals surface area contributed by atoms with Gasteiger partial charge in [0.1, 0.15) is 12.4 Å². The van der Waals surface area contributed by atoms with E-state index in [0.717, 1.165) is 48.5 Å². The summed E-state index contributed by atoms with van der Waals surface area (Å²) < 4.78 is 13.4. The molecule has 34 heavy (non-hydrogen) atoms. The summed E-state index contributed by atoms with van der Waals surface area (Å²) in [6.45, 7) is 8.99. The second-order valence-electron chi connectivity index (χ2n) is 8.96. The van der Waals surface area contributed by atoms with Gasteiger partial charge in [-0.05, 0) is 74.0 Å². The molecule has 0 bridgehead atoms. The highest BCUT2D eigenvalue weighted by Crippen LogP contribution is 2.20. The van der Waals surface area contributed by atoms with Crippen LogP contribution in [0.1, 0.15) is 48.6 Å². The summed E-state index contributed by atoms with van der Waals surface area (Å²) in [5.74, 6) is -0.406. The van der Waals surface area contributed by atoms with Crippen LogP contribution in [0.15, 0.2) is 35.7 Å². The predicted octanol–water partition coefficient (Wildman–Crippen LogP) is 4.63. The van der Waals surface area contributed by atoms with Crippen molar-refractivity contribution in [3.05, 3.63) is 57.5 Å². The molecule has 0 radical (unpaired) electrons. The third-order valence-corrected chi connectivity index (χ3v) is 7.25. The third kappa shape index (κ3) is 8.09. The van der Waals surface area contributed by atoms with Gasteiger partial charge in [-0.3, -0.25) is 4.79 Å². The number of hydrogen-bond acceptors (Lipinski definition) is 4. The van der Waals surface area contributed by atoms with Gasteiger partial charge in [0.15, 0.2) is 0 Å². The molecule has 0 spiro atoms. The summed E-state index contributed by atoms with van der Waals surface area (Å²) in [4.78, 5) is 33.3. The van der Waals surface area contributed by atoms with Crippen LogP contribution in [0.3, 0.4) is 0 Å². The van der Waals surface area contributed by atoms with Crippen LogP contribution in [-0.2, 0) is 17.9 Å². The molecule has 3 amide bonds. The van der Waals surface area contributed by atoms with Gasteiger partial charge in [0.05, 0.1) is 6.54 Å². The van der Waals surface area contributed by atoms with Gasteiger partial charge in [-0.1, -0.05) is 25.5 Å². The normalized spacial score (nSPS) is 13.7. The summed E-state index contributed by atoms with van der Waals surface area (Å²) in [6.07, 6.45) is 4.28. The zero-order chi connectivity index (χ0) is 24.3. The standard InChI is InChI=1S/C26H37FN4O2S/c1-3-4-12-28-26(33)30(16-15-29-13-5-6-14-29)20-25(32)31(19-24-21(2)11-17-34-24)18-22-7-9-23(27)10-8-22/h7-11,17H,3-6,12-16,18-20H2,1-2H3,(H,28,33). The molecule has 1 aliphatic heterocycles. The molecule has 2 heterocycles. The molecule has 0 atom stereocenters. The first-order valence-corrected chi connectivity index (χ1v) is 13.1. The Hall–Kier alpha value is -2.45. The maximum atomic E-state index is 13.5. The lowest BCUT2D eigenvalue weighted by Crippen LogP contribution is -2.49. The maximum Gasteiger partial charge on any atom is 0.317 e. The summed E-state index contributed by atoms with van der Waals surface area (Å²) in [7, 11) is 0. The quantitative estimate of drug-likeness (QED) is 0.443. The molecule has 0 saturated carbocycles. The highest BCUT2D eigenvalue weighted by molar-refractivity contribution is 7.10. The number of hydrogen-bond donors (Lipinski definition) is 1. The molecular formula is C26H37FN4O2S. The van der Waals surface area contributed by atoms with E-state index in [1.807, 2.05) is 18.4 Å². The Morgan fingerprint density at radius 3 is 2.47 bits per heavy atom. The second-order valence-corrected chi connectivity index (χ2v) is 9.96. The van der Waals surface area contributed by atoms with E-state index in [2.05, 4.69) is 17.1 Å². The minimum absolute atomic E-state index is 0.0252. The van der Waals surface area contributed by atoms with Gasteiger partial charge in [-0.2, -0.15) is 0 Å².